The number of sulfonamides is 1. The molecule has 0 spiro atoms. The van der Waals surface area contributed by atoms with E-state index < -0.39 is 16.1 Å². The van der Waals surface area contributed by atoms with Gasteiger partial charge in [0, 0.05) is 11.1 Å². The van der Waals surface area contributed by atoms with Crippen molar-refractivity contribution < 1.29 is 22.7 Å². The Morgan fingerprint density at radius 3 is 2.36 bits per heavy atom. The van der Waals surface area contributed by atoms with Gasteiger partial charge in [-0.25, -0.2) is 8.42 Å². The Morgan fingerprint density at radius 1 is 0.917 bits per heavy atom. The normalized spacial score (nSPS) is 12.1. The minimum Gasteiger partial charge on any atom is -0.495 e. The maximum Gasteiger partial charge on any atom is 0.265 e. The maximum absolute atomic E-state index is 12.9. The molecule has 0 aromatic heterocycles. The molecule has 7 nitrogen and oxygen atoms in total. The van der Waals surface area contributed by atoms with Crippen LogP contribution in [0.25, 0.3) is 10.8 Å². The van der Waals surface area contributed by atoms with Crippen LogP contribution in [0.1, 0.15) is 18.9 Å². The summed E-state index contributed by atoms with van der Waals surface area (Å²) in [5, 5.41) is 4.77. The molecule has 186 valence electrons. The van der Waals surface area contributed by atoms with E-state index in [1.54, 1.807) is 24.3 Å². The van der Waals surface area contributed by atoms with E-state index in [2.05, 4.69) is 10.0 Å². The van der Waals surface area contributed by atoms with Crippen LogP contribution in [0.15, 0.2) is 89.8 Å². The third-order valence-corrected chi connectivity index (χ3v) is 7.09. The number of hydrogen-bond acceptors (Lipinski definition) is 5. The number of aryl methyl sites for hydroxylation is 1. The Labute approximate surface area is 211 Å². The molecule has 0 saturated heterocycles. The predicted molar refractivity (Wildman–Crippen MR) is 142 cm³/mol. The van der Waals surface area contributed by atoms with Crippen molar-refractivity contribution in [2.45, 2.75) is 31.3 Å². The fourth-order valence-electron chi connectivity index (χ4n) is 3.82. The molecule has 4 aromatic rings. The van der Waals surface area contributed by atoms with Crippen LogP contribution in [0.2, 0.25) is 0 Å². The van der Waals surface area contributed by atoms with Gasteiger partial charge in [-0.3, -0.25) is 9.52 Å². The van der Waals surface area contributed by atoms with Crippen LogP contribution in [-0.2, 0) is 14.8 Å². The molecule has 0 aliphatic carbocycles. The number of anilines is 2. The molecular formula is C28H28N2O5S. The molecule has 0 fully saturated rings. The second kappa shape index (κ2) is 10.7. The van der Waals surface area contributed by atoms with Gasteiger partial charge in [0.1, 0.15) is 11.5 Å². The number of carbonyl (C=O) groups is 1. The molecule has 0 aliphatic rings. The van der Waals surface area contributed by atoms with Crippen LogP contribution in [0, 0.1) is 6.92 Å². The van der Waals surface area contributed by atoms with E-state index in [1.807, 2.05) is 62.4 Å². The van der Waals surface area contributed by atoms with Crippen molar-refractivity contribution in [2.24, 2.45) is 0 Å². The van der Waals surface area contributed by atoms with E-state index in [-0.39, 0.29) is 10.8 Å². The standard InChI is InChI=1S/C28H28N2O5S/c1-4-25(35-26-11-7-9-20-8-5-6-10-23(20)26)28(31)29-21-13-15-22(16-14-21)36(32,33)30-24-18-19(2)12-17-27(24)34-3/h5-18,25,30H,4H2,1-3H3,(H,29,31)/t25-/m1/s1. The highest BCUT2D eigenvalue weighted by Gasteiger charge is 2.21. The van der Waals surface area contributed by atoms with Gasteiger partial charge in [-0.15, -0.1) is 0 Å². The summed E-state index contributed by atoms with van der Waals surface area (Å²) in [5.74, 6) is 0.739. The monoisotopic (exact) mass is 504 g/mol. The quantitative estimate of drug-likeness (QED) is 0.303. The minimum atomic E-state index is -3.86. The molecule has 8 heteroatoms. The average molecular weight is 505 g/mol. The first-order valence-corrected chi connectivity index (χ1v) is 13.0. The van der Waals surface area contributed by atoms with Gasteiger partial charge >= 0.3 is 0 Å². The maximum atomic E-state index is 12.9. The topological polar surface area (TPSA) is 93.7 Å². The summed E-state index contributed by atoms with van der Waals surface area (Å²) < 4.78 is 39.7. The molecule has 0 bridgehead atoms. The fraction of sp³-hybridized carbons (Fsp3) is 0.179. The van der Waals surface area contributed by atoms with E-state index in [1.165, 1.54) is 19.2 Å². The Kier molecular flexibility index (Phi) is 7.45. The lowest BCUT2D eigenvalue weighted by Gasteiger charge is -2.19. The molecular weight excluding hydrogens is 476 g/mol. The highest BCUT2D eigenvalue weighted by Crippen LogP contribution is 2.29. The molecule has 0 unspecified atom stereocenters. The molecule has 0 saturated carbocycles. The highest BCUT2D eigenvalue weighted by atomic mass is 32.2. The number of amides is 1. The second-order valence-corrected chi connectivity index (χ2v) is 10.00. The largest absolute Gasteiger partial charge is 0.495 e. The number of methoxy groups -OCH3 is 1. The van der Waals surface area contributed by atoms with Gasteiger partial charge in [0.05, 0.1) is 17.7 Å². The van der Waals surface area contributed by atoms with E-state index in [0.29, 0.717) is 29.3 Å². The summed E-state index contributed by atoms with van der Waals surface area (Å²) in [6.45, 7) is 3.73. The average Bonchev–Trinajstić information content (AvgIpc) is 2.87. The molecule has 4 aromatic carbocycles. The van der Waals surface area contributed by atoms with Crippen LogP contribution < -0.4 is 19.5 Å². The van der Waals surface area contributed by atoms with Crippen molar-refractivity contribution in [3.05, 3.63) is 90.5 Å². The highest BCUT2D eigenvalue weighted by molar-refractivity contribution is 7.92. The van der Waals surface area contributed by atoms with Crippen molar-refractivity contribution in [1.29, 1.82) is 0 Å². The van der Waals surface area contributed by atoms with E-state index in [9.17, 15) is 13.2 Å². The van der Waals surface area contributed by atoms with Gasteiger partial charge < -0.3 is 14.8 Å². The summed E-state index contributed by atoms with van der Waals surface area (Å²) in [6.07, 6.45) is -0.251. The molecule has 4 rings (SSSR count). The first-order valence-electron chi connectivity index (χ1n) is 11.5. The number of carbonyl (C=O) groups excluding carboxylic acids is 1. The molecule has 0 heterocycles. The van der Waals surface area contributed by atoms with Gasteiger partial charge in [0.25, 0.3) is 15.9 Å². The first kappa shape index (κ1) is 25.1. The van der Waals surface area contributed by atoms with Crippen molar-refractivity contribution >= 4 is 38.1 Å². The van der Waals surface area contributed by atoms with Crippen LogP contribution >= 0.6 is 0 Å². The third kappa shape index (κ3) is 5.60. The number of ether oxygens (including phenoxy) is 2. The number of fused-ring (bicyclic) bond motifs is 1. The molecule has 36 heavy (non-hydrogen) atoms. The minimum absolute atomic E-state index is 0.0584. The van der Waals surface area contributed by atoms with Crippen LogP contribution in [0.3, 0.4) is 0 Å². The zero-order valence-corrected chi connectivity index (χ0v) is 21.1. The van der Waals surface area contributed by atoms with Crippen molar-refractivity contribution in [3.63, 3.8) is 0 Å². The summed E-state index contributed by atoms with van der Waals surface area (Å²) in [6, 6.07) is 24.7. The second-order valence-electron chi connectivity index (χ2n) is 8.31. The summed E-state index contributed by atoms with van der Waals surface area (Å²) in [5.41, 5.74) is 1.71. The zero-order chi connectivity index (χ0) is 25.7. The smallest absolute Gasteiger partial charge is 0.265 e. The Bertz CT molecular complexity index is 1480. The van der Waals surface area contributed by atoms with Gasteiger partial charge in [-0.2, -0.15) is 0 Å². The summed E-state index contributed by atoms with van der Waals surface area (Å²) >= 11 is 0. The van der Waals surface area contributed by atoms with Crippen molar-refractivity contribution in [3.8, 4) is 11.5 Å². The van der Waals surface area contributed by atoms with E-state index in [0.717, 1.165) is 16.3 Å². The number of nitrogens with one attached hydrogen (secondary N) is 2. The van der Waals surface area contributed by atoms with Crippen LogP contribution in [0.4, 0.5) is 11.4 Å². The Balaban J connectivity index is 1.46. The number of benzene rings is 4. The molecule has 2 N–H and O–H groups in total. The van der Waals surface area contributed by atoms with E-state index in [4.69, 9.17) is 9.47 Å². The summed E-state index contributed by atoms with van der Waals surface area (Å²) in [7, 11) is -2.38. The van der Waals surface area contributed by atoms with Crippen molar-refractivity contribution in [2.75, 3.05) is 17.1 Å². The molecule has 0 radical (unpaired) electrons. The third-order valence-electron chi connectivity index (χ3n) is 5.71. The SMILES string of the molecule is CC[C@@H](Oc1cccc2ccccc12)C(=O)Nc1ccc(S(=O)(=O)Nc2cc(C)ccc2OC)cc1. The Morgan fingerprint density at radius 2 is 1.64 bits per heavy atom. The first-order chi connectivity index (χ1) is 17.3. The number of hydrogen-bond donors (Lipinski definition) is 2. The Hall–Kier alpha value is -4.04. The molecule has 1 atom stereocenters. The fourth-order valence-corrected chi connectivity index (χ4v) is 4.88. The van der Waals surface area contributed by atoms with Gasteiger partial charge in [0.15, 0.2) is 6.10 Å². The van der Waals surface area contributed by atoms with Gasteiger partial charge in [-0.05, 0) is 66.8 Å². The van der Waals surface area contributed by atoms with Gasteiger partial charge in [0.2, 0.25) is 0 Å². The van der Waals surface area contributed by atoms with Crippen molar-refractivity contribution in [1.82, 2.24) is 0 Å². The van der Waals surface area contributed by atoms with Crippen LogP contribution in [0.5, 0.6) is 11.5 Å². The van der Waals surface area contributed by atoms with Gasteiger partial charge in [-0.1, -0.05) is 49.4 Å². The lowest BCUT2D eigenvalue weighted by atomic mass is 10.1. The molecule has 1 amide bonds. The molecule has 0 aliphatic heterocycles. The lowest BCUT2D eigenvalue weighted by Crippen LogP contribution is -2.32. The van der Waals surface area contributed by atoms with E-state index >= 15 is 0 Å². The zero-order valence-electron chi connectivity index (χ0n) is 20.3. The van der Waals surface area contributed by atoms with Crippen LogP contribution in [-0.4, -0.2) is 27.5 Å². The lowest BCUT2D eigenvalue weighted by molar-refractivity contribution is -0.122. The predicted octanol–water partition coefficient (Wildman–Crippen LogP) is 5.75. The number of rotatable bonds is 9. The summed E-state index contributed by atoms with van der Waals surface area (Å²) in [4.78, 5) is 13.0.